The number of urea groups is 1. The molecule has 5 N–H and O–H groups in total. The standard InChI is InChI=1S/C18H27N5O5S/c1-3-12(2)15(20-18(19)26)17(25)22-21-16(24)13-7-6-8-14(11-13)29(27,28)23-9-4-5-10-23/h6-8,11-12,15H,3-5,9-10H2,1-2H3,(H,21,24)(H,22,25)(H3,19,20,26). The van der Waals surface area contributed by atoms with E-state index in [9.17, 15) is 22.8 Å². The second kappa shape index (κ2) is 9.70. The van der Waals surface area contributed by atoms with Crippen molar-refractivity contribution >= 4 is 27.9 Å². The molecule has 0 radical (unpaired) electrons. The first kappa shape index (κ1) is 22.6. The summed E-state index contributed by atoms with van der Waals surface area (Å²) in [6.45, 7) is 4.52. The lowest BCUT2D eigenvalue weighted by Crippen LogP contribution is -2.55. The van der Waals surface area contributed by atoms with E-state index in [1.54, 1.807) is 6.92 Å². The summed E-state index contributed by atoms with van der Waals surface area (Å²) in [6.07, 6.45) is 2.22. The number of hydrazine groups is 1. The maximum atomic E-state index is 12.6. The van der Waals surface area contributed by atoms with Gasteiger partial charge in [0.25, 0.3) is 11.8 Å². The van der Waals surface area contributed by atoms with Crippen LogP contribution >= 0.6 is 0 Å². The Morgan fingerprint density at radius 2 is 1.83 bits per heavy atom. The average Bonchev–Trinajstić information content (AvgIpc) is 3.25. The molecule has 0 spiro atoms. The van der Waals surface area contributed by atoms with Gasteiger partial charge in [0.15, 0.2) is 0 Å². The van der Waals surface area contributed by atoms with Crippen molar-refractivity contribution in [3.8, 4) is 0 Å². The van der Waals surface area contributed by atoms with Crippen LogP contribution in [-0.4, -0.2) is 49.7 Å². The molecule has 10 nitrogen and oxygen atoms in total. The van der Waals surface area contributed by atoms with Crippen LogP contribution in [0.3, 0.4) is 0 Å². The molecule has 1 aromatic rings. The fraction of sp³-hybridized carbons (Fsp3) is 0.500. The number of sulfonamides is 1. The first-order chi connectivity index (χ1) is 13.7. The monoisotopic (exact) mass is 425 g/mol. The Kier molecular flexibility index (Phi) is 7.57. The lowest BCUT2D eigenvalue weighted by Gasteiger charge is -2.22. The number of carbonyl (C=O) groups is 3. The van der Waals surface area contributed by atoms with Crippen LogP contribution in [0.25, 0.3) is 0 Å². The van der Waals surface area contributed by atoms with E-state index in [2.05, 4.69) is 16.2 Å². The van der Waals surface area contributed by atoms with Gasteiger partial charge in [0.05, 0.1) is 4.90 Å². The smallest absolute Gasteiger partial charge is 0.312 e. The molecule has 0 saturated carbocycles. The van der Waals surface area contributed by atoms with Crippen LogP contribution < -0.4 is 21.9 Å². The van der Waals surface area contributed by atoms with Gasteiger partial charge >= 0.3 is 6.03 Å². The summed E-state index contributed by atoms with van der Waals surface area (Å²) in [4.78, 5) is 35.8. The summed E-state index contributed by atoms with van der Waals surface area (Å²) in [7, 11) is -3.66. The van der Waals surface area contributed by atoms with Crippen LogP contribution in [0.5, 0.6) is 0 Å². The van der Waals surface area contributed by atoms with Crippen LogP contribution in [0, 0.1) is 5.92 Å². The average molecular weight is 426 g/mol. The second-order valence-electron chi connectivity index (χ2n) is 6.95. The number of rotatable bonds is 7. The van der Waals surface area contributed by atoms with E-state index >= 15 is 0 Å². The molecule has 2 unspecified atom stereocenters. The summed E-state index contributed by atoms with van der Waals surface area (Å²) in [5.41, 5.74) is 9.67. The number of amides is 4. The first-order valence-electron chi connectivity index (χ1n) is 9.43. The van der Waals surface area contributed by atoms with Crippen LogP contribution in [0.4, 0.5) is 4.79 Å². The van der Waals surface area contributed by atoms with Gasteiger partial charge in [-0.3, -0.25) is 20.4 Å². The molecular weight excluding hydrogens is 398 g/mol. The molecule has 1 heterocycles. The van der Waals surface area contributed by atoms with Crippen molar-refractivity contribution in [3.63, 3.8) is 0 Å². The highest BCUT2D eigenvalue weighted by Gasteiger charge is 2.28. The topological polar surface area (TPSA) is 151 Å². The third-order valence-corrected chi connectivity index (χ3v) is 6.79. The van der Waals surface area contributed by atoms with Gasteiger partial charge in [-0.2, -0.15) is 4.31 Å². The molecule has 1 aliphatic heterocycles. The van der Waals surface area contributed by atoms with E-state index in [0.29, 0.717) is 19.5 Å². The number of benzene rings is 1. The van der Waals surface area contributed by atoms with Crippen molar-refractivity contribution in [2.75, 3.05) is 13.1 Å². The highest BCUT2D eigenvalue weighted by molar-refractivity contribution is 7.89. The van der Waals surface area contributed by atoms with Gasteiger partial charge in [0, 0.05) is 18.7 Å². The molecule has 2 atom stereocenters. The van der Waals surface area contributed by atoms with Gasteiger partial charge in [-0.1, -0.05) is 26.3 Å². The molecule has 2 rings (SSSR count). The number of carbonyl (C=O) groups excluding carboxylic acids is 3. The molecule has 1 saturated heterocycles. The maximum absolute atomic E-state index is 12.6. The Balaban J connectivity index is 2.07. The van der Waals surface area contributed by atoms with E-state index in [1.807, 2.05) is 6.92 Å². The van der Waals surface area contributed by atoms with Gasteiger partial charge in [-0.15, -0.1) is 0 Å². The fourth-order valence-electron chi connectivity index (χ4n) is 3.00. The van der Waals surface area contributed by atoms with Gasteiger partial charge in [0.2, 0.25) is 10.0 Å². The van der Waals surface area contributed by atoms with Gasteiger partial charge in [-0.25, -0.2) is 13.2 Å². The summed E-state index contributed by atoms with van der Waals surface area (Å²) < 4.78 is 26.7. The summed E-state index contributed by atoms with van der Waals surface area (Å²) in [6, 6.07) is 3.84. The minimum Gasteiger partial charge on any atom is -0.352 e. The number of nitrogens with one attached hydrogen (secondary N) is 3. The third-order valence-electron chi connectivity index (χ3n) is 4.89. The van der Waals surface area contributed by atoms with Crippen molar-refractivity contribution in [3.05, 3.63) is 29.8 Å². The minimum atomic E-state index is -3.66. The zero-order chi connectivity index (χ0) is 21.6. The SMILES string of the molecule is CCC(C)C(NC(N)=O)C(=O)NNC(=O)c1cccc(S(=O)(=O)N2CCCC2)c1. The lowest BCUT2D eigenvalue weighted by molar-refractivity contribution is -0.124. The normalized spacial score (nSPS) is 16.6. The number of nitrogens with zero attached hydrogens (tertiary/aromatic N) is 1. The molecule has 0 aliphatic carbocycles. The van der Waals surface area contributed by atoms with E-state index < -0.39 is 33.9 Å². The Morgan fingerprint density at radius 1 is 1.17 bits per heavy atom. The van der Waals surface area contributed by atoms with Crippen molar-refractivity contribution in [1.82, 2.24) is 20.5 Å². The quantitative estimate of drug-likeness (QED) is 0.464. The second-order valence-corrected chi connectivity index (χ2v) is 8.89. The number of hydrogen-bond acceptors (Lipinski definition) is 5. The van der Waals surface area contributed by atoms with E-state index in [-0.39, 0.29) is 16.4 Å². The molecule has 160 valence electrons. The van der Waals surface area contributed by atoms with E-state index in [4.69, 9.17) is 5.73 Å². The van der Waals surface area contributed by atoms with Gasteiger partial charge in [0.1, 0.15) is 6.04 Å². The molecule has 29 heavy (non-hydrogen) atoms. The number of primary amides is 1. The van der Waals surface area contributed by atoms with Gasteiger partial charge in [-0.05, 0) is 37.0 Å². The van der Waals surface area contributed by atoms with Crippen LogP contribution in [0.1, 0.15) is 43.5 Å². The molecule has 1 aromatic carbocycles. The predicted molar refractivity (Wildman–Crippen MR) is 106 cm³/mol. The summed E-state index contributed by atoms with van der Waals surface area (Å²) in [5, 5.41) is 2.34. The van der Waals surface area contributed by atoms with Gasteiger partial charge < -0.3 is 11.1 Å². The molecule has 4 amide bonds. The van der Waals surface area contributed by atoms with E-state index in [1.165, 1.54) is 28.6 Å². The summed E-state index contributed by atoms with van der Waals surface area (Å²) >= 11 is 0. The van der Waals surface area contributed by atoms with Crippen molar-refractivity contribution in [2.45, 2.75) is 44.0 Å². The molecule has 0 aromatic heterocycles. The maximum Gasteiger partial charge on any atom is 0.312 e. The van der Waals surface area contributed by atoms with Crippen LogP contribution in [0.15, 0.2) is 29.2 Å². The molecule has 1 fully saturated rings. The first-order valence-corrected chi connectivity index (χ1v) is 10.9. The highest BCUT2D eigenvalue weighted by Crippen LogP contribution is 2.21. The number of nitrogens with two attached hydrogens (primary N) is 1. The van der Waals surface area contributed by atoms with Crippen LogP contribution in [0.2, 0.25) is 0 Å². The number of hydrogen-bond donors (Lipinski definition) is 4. The molecule has 0 bridgehead atoms. The van der Waals surface area contributed by atoms with E-state index in [0.717, 1.165) is 12.8 Å². The van der Waals surface area contributed by atoms with Crippen molar-refractivity contribution in [1.29, 1.82) is 0 Å². The third kappa shape index (κ3) is 5.67. The Hall–Kier alpha value is -2.66. The zero-order valence-corrected chi connectivity index (χ0v) is 17.3. The van der Waals surface area contributed by atoms with Crippen LogP contribution in [-0.2, 0) is 14.8 Å². The Morgan fingerprint density at radius 3 is 2.41 bits per heavy atom. The lowest BCUT2D eigenvalue weighted by atomic mass is 9.99. The Bertz CT molecular complexity index is 867. The minimum absolute atomic E-state index is 0.0197. The largest absolute Gasteiger partial charge is 0.352 e. The molecular formula is C18H27N5O5S. The molecule has 11 heteroatoms. The van der Waals surface area contributed by atoms with Crippen molar-refractivity contribution < 1.29 is 22.8 Å². The zero-order valence-electron chi connectivity index (χ0n) is 16.5. The molecule has 1 aliphatic rings. The highest BCUT2D eigenvalue weighted by atomic mass is 32.2. The van der Waals surface area contributed by atoms with Crippen molar-refractivity contribution in [2.24, 2.45) is 11.7 Å². The predicted octanol–water partition coefficient (Wildman–Crippen LogP) is 0.315. The summed E-state index contributed by atoms with van der Waals surface area (Å²) in [5.74, 6) is -1.53. The Labute approximate surface area is 170 Å². The fourth-order valence-corrected chi connectivity index (χ4v) is 4.56.